The fraction of sp³-hybridized carbons (Fsp3) is 0.712. The van der Waals surface area contributed by atoms with E-state index in [1.807, 2.05) is 0 Å². The van der Waals surface area contributed by atoms with Gasteiger partial charge >= 0.3 is 17.9 Å². The third-order valence-electron chi connectivity index (χ3n) is 9.95. The van der Waals surface area contributed by atoms with E-state index in [2.05, 4.69) is 93.7 Å². The van der Waals surface area contributed by atoms with Crippen LogP contribution in [0.4, 0.5) is 0 Å². The van der Waals surface area contributed by atoms with Crippen LogP contribution in [-0.4, -0.2) is 37.2 Å². The van der Waals surface area contributed by atoms with Crippen LogP contribution in [0.1, 0.15) is 220 Å². The molecule has 0 spiro atoms. The van der Waals surface area contributed by atoms with E-state index in [4.69, 9.17) is 14.2 Å². The molecule has 0 heterocycles. The number of rotatable bonds is 42. The molecule has 0 rings (SSSR count). The molecule has 0 aromatic carbocycles. The topological polar surface area (TPSA) is 78.9 Å². The Balaban J connectivity index is 4.36. The maximum atomic E-state index is 12.7. The number of ether oxygens (including phenoxy) is 3. The molecule has 6 nitrogen and oxygen atoms in total. The summed E-state index contributed by atoms with van der Waals surface area (Å²) in [6.45, 7) is 6.42. The van der Waals surface area contributed by atoms with E-state index in [-0.39, 0.29) is 31.1 Å². The molecule has 0 saturated heterocycles. The lowest BCUT2D eigenvalue weighted by molar-refractivity contribution is -0.167. The van der Waals surface area contributed by atoms with Crippen molar-refractivity contribution in [2.75, 3.05) is 13.2 Å². The van der Waals surface area contributed by atoms with Crippen LogP contribution in [0.25, 0.3) is 0 Å². The van der Waals surface area contributed by atoms with Gasteiger partial charge in [0.25, 0.3) is 0 Å². The lowest BCUT2D eigenvalue weighted by atomic mass is 10.1. The van der Waals surface area contributed by atoms with Crippen LogP contribution in [-0.2, 0) is 28.6 Å². The second-order valence-electron chi connectivity index (χ2n) is 15.6. The monoisotopic (exact) mass is 809 g/mol. The number of esters is 3. The molecule has 0 aromatic rings. The predicted molar refractivity (Wildman–Crippen MR) is 247 cm³/mol. The van der Waals surface area contributed by atoms with Gasteiger partial charge in [0.2, 0.25) is 0 Å². The summed E-state index contributed by atoms with van der Waals surface area (Å²) in [5.74, 6) is -0.942. The molecule has 0 radical (unpaired) electrons. The first-order chi connectivity index (χ1) is 28.5. The Morgan fingerprint density at radius 2 is 0.672 bits per heavy atom. The SMILES string of the molecule is CC/C=C\C/C=C\C/C=C\CCCCCC(=O)OC(COC(=O)CCCCCCCC/C=C\C/C=C\C/C=C\CCCCC)COC(=O)CCCCCCCCCC. The molecule has 0 aliphatic heterocycles. The minimum Gasteiger partial charge on any atom is -0.462 e. The van der Waals surface area contributed by atoms with Gasteiger partial charge in [0.05, 0.1) is 0 Å². The summed E-state index contributed by atoms with van der Waals surface area (Å²) in [7, 11) is 0. The third-order valence-corrected chi connectivity index (χ3v) is 9.95. The first kappa shape index (κ1) is 54.9. The average molecular weight is 809 g/mol. The van der Waals surface area contributed by atoms with E-state index in [1.165, 1.54) is 77.0 Å². The van der Waals surface area contributed by atoms with Gasteiger partial charge in [0.1, 0.15) is 13.2 Å². The number of hydrogen-bond acceptors (Lipinski definition) is 6. The van der Waals surface area contributed by atoms with E-state index >= 15 is 0 Å². The Morgan fingerprint density at radius 3 is 1.10 bits per heavy atom. The lowest BCUT2D eigenvalue weighted by Gasteiger charge is -2.18. The van der Waals surface area contributed by atoms with Crippen molar-refractivity contribution in [2.24, 2.45) is 0 Å². The highest BCUT2D eigenvalue weighted by molar-refractivity contribution is 5.71. The molecule has 1 atom stereocenters. The van der Waals surface area contributed by atoms with Crippen molar-refractivity contribution in [1.29, 1.82) is 0 Å². The number of carbonyl (C=O) groups excluding carboxylic acids is 3. The van der Waals surface area contributed by atoms with Crippen LogP contribution in [0.2, 0.25) is 0 Å². The summed E-state index contributed by atoms with van der Waals surface area (Å²) >= 11 is 0. The Labute approximate surface area is 357 Å². The van der Waals surface area contributed by atoms with Gasteiger partial charge < -0.3 is 14.2 Å². The van der Waals surface area contributed by atoms with Crippen LogP contribution in [0, 0.1) is 0 Å². The van der Waals surface area contributed by atoms with Crippen molar-refractivity contribution in [3.8, 4) is 0 Å². The van der Waals surface area contributed by atoms with Crippen molar-refractivity contribution in [1.82, 2.24) is 0 Å². The predicted octanol–water partition coefficient (Wildman–Crippen LogP) is 15.5. The molecule has 0 aliphatic carbocycles. The summed E-state index contributed by atoms with van der Waals surface area (Å²) in [4.78, 5) is 37.7. The van der Waals surface area contributed by atoms with Crippen LogP contribution < -0.4 is 0 Å². The first-order valence-corrected chi connectivity index (χ1v) is 23.9. The van der Waals surface area contributed by atoms with Gasteiger partial charge in [-0.05, 0) is 89.9 Å². The van der Waals surface area contributed by atoms with Crippen LogP contribution >= 0.6 is 0 Å². The van der Waals surface area contributed by atoms with Gasteiger partial charge in [0, 0.05) is 19.3 Å². The van der Waals surface area contributed by atoms with E-state index in [9.17, 15) is 14.4 Å². The van der Waals surface area contributed by atoms with Gasteiger partial charge in [-0.3, -0.25) is 14.4 Å². The zero-order chi connectivity index (χ0) is 42.3. The highest BCUT2D eigenvalue weighted by atomic mass is 16.6. The molecule has 0 fully saturated rings. The summed E-state index contributed by atoms with van der Waals surface area (Å²) in [6.07, 6.45) is 57.5. The molecule has 332 valence electrons. The molecule has 0 aliphatic rings. The van der Waals surface area contributed by atoms with Crippen molar-refractivity contribution < 1.29 is 28.6 Å². The Hall–Kier alpha value is -3.15. The quantitative estimate of drug-likeness (QED) is 0.0264. The van der Waals surface area contributed by atoms with E-state index in [0.717, 1.165) is 103 Å². The molecular formula is C52H88O6. The van der Waals surface area contributed by atoms with E-state index in [0.29, 0.717) is 19.3 Å². The zero-order valence-corrected chi connectivity index (χ0v) is 37.8. The lowest BCUT2D eigenvalue weighted by Crippen LogP contribution is -2.30. The van der Waals surface area contributed by atoms with Crippen molar-refractivity contribution in [2.45, 2.75) is 226 Å². The second-order valence-corrected chi connectivity index (χ2v) is 15.6. The Morgan fingerprint density at radius 1 is 0.362 bits per heavy atom. The minimum absolute atomic E-state index is 0.0915. The fourth-order valence-corrected chi connectivity index (χ4v) is 6.34. The molecule has 0 saturated carbocycles. The summed E-state index contributed by atoms with van der Waals surface area (Å²) < 4.78 is 16.7. The molecule has 6 heteroatoms. The van der Waals surface area contributed by atoms with E-state index in [1.54, 1.807) is 0 Å². The number of carbonyl (C=O) groups is 3. The number of unbranched alkanes of at least 4 members (excludes halogenated alkanes) is 19. The van der Waals surface area contributed by atoms with Crippen LogP contribution in [0.15, 0.2) is 72.9 Å². The van der Waals surface area contributed by atoms with Gasteiger partial charge in [-0.25, -0.2) is 0 Å². The van der Waals surface area contributed by atoms with Crippen LogP contribution in [0.5, 0.6) is 0 Å². The normalized spacial score (nSPS) is 12.7. The summed E-state index contributed by atoms with van der Waals surface area (Å²) in [5.41, 5.74) is 0. The molecule has 0 amide bonds. The third kappa shape index (κ3) is 44.0. The zero-order valence-electron chi connectivity index (χ0n) is 37.8. The van der Waals surface area contributed by atoms with Gasteiger partial charge in [-0.2, -0.15) is 0 Å². The molecule has 0 aromatic heterocycles. The molecule has 0 N–H and O–H groups in total. The maximum absolute atomic E-state index is 12.7. The standard InChI is InChI=1S/C52H88O6/c1-4-7-10-13-16-19-21-23-24-25-26-27-28-30-31-33-36-39-42-45-51(54)57-48-49(47-56-50(53)44-41-38-35-18-15-12-9-6-3)58-52(55)46-43-40-37-34-32-29-22-20-17-14-11-8-5-2/h8,11,16-17,19-20,23-24,26-27,29,32,49H,4-7,9-10,12-15,18,21-22,25,28,30-31,33-48H2,1-3H3/b11-8-,19-16-,20-17-,24-23-,27-26-,32-29-. The first-order valence-electron chi connectivity index (χ1n) is 23.9. The average Bonchev–Trinajstić information content (AvgIpc) is 3.22. The Kier molecular flexibility index (Phi) is 44.0. The maximum Gasteiger partial charge on any atom is 0.306 e. The largest absolute Gasteiger partial charge is 0.462 e. The summed E-state index contributed by atoms with van der Waals surface area (Å²) in [5, 5.41) is 0. The summed E-state index contributed by atoms with van der Waals surface area (Å²) in [6, 6.07) is 0. The molecule has 0 bridgehead atoms. The minimum atomic E-state index is -0.792. The highest BCUT2D eigenvalue weighted by Gasteiger charge is 2.19. The van der Waals surface area contributed by atoms with Gasteiger partial charge in [-0.1, -0.05) is 184 Å². The Bertz CT molecular complexity index is 1110. The highest BCUT2D eigenvalue weighted by Crippen LogP contribution is 2.13. The van der Waals surface area contributed by atoms with E-state index < -0.39 is 6.10 Å². The second kappa shape index (κ2) is 46.5. The van der Waals surface area contributed by atoms with Crippen molar-refractivity contribution in [3.63, 3.8) is 0 Å². The van der Waals surface area contributed by atoms with Crippen molar-refractivity contribution in [3.05, 3.63) is 72.9 Å². The van der Waals surface area contributed by atoms with Crippen LogP contribution in [0.3, 0.4) is 0 Å². The van der Waals surface area contributed by atoms with Gasteiger partial charge in [-0.15, -0.1) is 0 Å². The van der Waals surface area contributed by atoms with Gasteiger partial charge in [0.15, 0.2) is 6.10 Å². The number of hydrogen-bond donors (Lipinski definition) is 0. The molecular weight excluding hydrogens is 721 g/mol. The molecule has 1 unspecified atom stereocenters. The smallest absolute Gasteiger partial charge is 0.306 e. The van der Waals surface area contributed by atoms with Crippen molar-refractivity contribution >= 4 is 17.9 Å². The number of allylic oxidation sites excluding steroid dienone is 12. The fourth-order valence-electron chi connectivity index (χ4n) is 6.34. The molecule has 58 heavy (non-hydrogen) atoms.